The number of hydrogen-bond acceptors (Lipinski definition) is 4. The molecule has 0 saturated heterocycles. The van der Waals surface area contributed by atoms with Gasteiger partial charge in [0.15, 0.2) is 11.9 Å². The van der Waals surface area contributed by atoms with Gasteiger partial charge in [-0.05, 0) is 48.9 Å². The fourth-order valence-corrected chi connectivity index (χ4v) is 2.90. The van der Waals surface area contributed by atoms with Crippen LogP contribution in [0.5, 0.6) is 5.75 Å². The molecule has 124 valence electrons. The molecule has 1 atom stereocenters. The molecule has 24 heavy (non-hydrogen) atoms. The standard InChI is InChI=1S/C18H20N4O2/c1-2-16(18(23)20-17-8-10-22(21-17)11-9-19)24-15-7-6-13-4-3-5-14(13)12-15/h6-8,10,12,16H,2-5,11H2,1H3,(H,20,21,23). The predicted octanol–water partition coefficient (Wildman–Crippen LogP) is 2.69. The zero-order valence-electron chi connectivity index (χ0n) is 13.7. The van der Waals surface area contributed by atoms with E-state index in [4.69, 9.17) is 10.00 Å². The summed E-state index contributed by atoms with van der Waals surface area (Å²) in [5.41, 5.74) is 2.70. The quantitative estimate of drug-likeness (QED) is 0.886. The van der Waals surface area contributed by atoms with E-state index < -0.39 is 6.10 Å². The molecule has 6 heteroatoms. The van der Waals surface area contributed by atoms with Crippen LogP contribution in [0.25, 0.3) is 0 Å². The van der Waals surface area contributed by atoms with Gasteiger partial charge in [0.1, 0.15) is 12.3 Å². The highest BCUT2D eigenvalue weighted by Crippen LogP contribution is 2.26. The van der Waals surface area contributed by atoms with Gasteiger partial charge in [0.2, 0.25) is 0 Å². The second kappa shape index (κ2) is 7.18. The fourth-order valence-electron chi connectivity index (χ4n) is 2.90. The zero-order chi connectivity index (χ0) is 16.9. The number of aryl methyl sites for hydroxylation is 2. The molecule has 0 saturated carbocycles. The summed E-state index contributed by atoms with van der Waals surface area (Å²) in [6, 6.07) is 9.73. The second-order valence-electron chi connectivity index (χ2n) is 5.84. The molecule has 1 amide bonds. The van der Waals surface area contributed by atoms with Crippen molar-refractivity contribution in [2.75, 3.05) is 5.32 Å². The highest BCUT2D eigenvalue weighted by atomic mass is 16.5. The first-order chi connectivity index (χ1) is 11.7. The minimum Gasteiger partial charge on any atom is -0.481 e. The number of rotatable bonds is 6. The molecule has 1 aromatic carbocycles. The van der Waals surface area contributed by atoms with Crippen LogP contribution in [-0.4, -0.2) is 21.8 Å². The lowest BCUT2D eigenvalue weighted by Gasteiger charge is -2.17. The number of nitrogens with one attached hydrogen (secondary N) is 1. The first kappa shape index (κ1) is 16.1. The van der Waals surface area contributed by atoms with E-state index in [-0.39, 0.29) is 12.5 Å². The highest BCUT2D eigenvalue weighted by Gasteiger charge is 2.20. The number of nitrogens with zero attached hydrogens (tertiary/aromatic N) is 3. The number of amides is 1. The molecule has 1 aliphatic rings. The molecule has 6 nitrogen and oxygen atoms in total. The van der Waals surface area contributed by atoms with Gasteiger partial charge in [-0.1, -0.05) is 13.0 Å². The Hall–Kier alpha value is -2.81. The topological polar surface area (TPSA) is 79.9 Å². The molecule has 1 aliphatic carbocycles. The van der Waals surface area contributed by atoms with Gasteiger partial charge in [-0.25, -0.2) is 0 Å². The van der Waals surface area contributed by atoms with Crippen molar-refractivity contribution in [3.63, 3.8) is 0 Å². The van der Waals surface area contributed by atoms with Crippen LogP contribution in [0, 0.1) is 11.3 Å². The van der Waals surface area contributed by atoms with Crippen LogP contribution in [0.1, 0.15) is 30.9 Å². The van der Waals surface area contributed by atoms with Gasteiger partial charge in [0, 0.05) is 12.3 Å². The zero-order valence-corrected chi connectivity index (χ0v) is 13.7. The Labute approximate surface area is 141 Å². The van der Waals surface area contributed by atoms with E-state index in [1.165, 1.54) is 22.2 Å². The van der Waals surface area contributed by atoms with Crippen molar-refractivity contribution in [3.05, 3.63) is 41.6 Å². The third-order valence-corrected chi connectivity index (χ3v) is 4.14. The summed E-state index contributed by atoms with van der Waals surface area (Å²) in [6.45, 7) is 2.06. The maximum atomic E-state index is 12.4. The van der Waals surface area contributed by atoms with E-state index in [2.05, 4.69) is 16.5 Å². The molecule has 3 rings (SSSR count). The van der Waals surface area contributed by atoms with E-state index in [0.717, 1.165) is 18.6 Å². The smallest absolute Gasteiger partial charge is 0.266 e. The first-order valence-corrected chi connectivity index (χ1v) is 8.19. The molecule has 0 radical (unpaired) electrons. The number of aromatic nitrogens is 2. The molecule has 1 unspecified atom stereocenters. The van der Waals surface area contributed by atoms with Crippen molar-refractivity contribution >= 4 is 11.7 Å². The Balaban J connectivity index is 1.64. The van der Waals surface area contributed by atoms with Gasteiger partial charge < -0.3 is 10.1 Å². The number of hydrogen-bond donors (Lipinski definition) is 1. The Bertz CT molecular complexity index is 776. The number of ether oxygens (including phenoxy) is 1. The SMILES string of the molecule is CCC(Oc1ccc2c(c1)CCC2)C(=O)Nc1ccn(CC#N)n1. The molecule has 0 spiro atoms. The van der Waals surface area contributed by atoms with Gasteiger partial charge in [-0.15, -0.1) is 0 Å². The maximum Gasteiger partial charge on any atom is 0.266 e. The molecule has 0 fully saturated rings. The van der Waals surface area contributed by atoms with Gasteiger partial charge in [-0.2, -0.15) is 10.4 Å². The Morgan fingerprint density at radius 2 is 2.25 bits per heavy atom. The average Bonchev–Trinajstić information content (AvgIpc) is 3.21. The fraction of sp³-hybridized carbons (Fsp3) is 0.389. The minimum absolute atomic E-state index is 0.151. The normalized spacial score (nSPS) is 13.8. The largest absolute Gasteiger partial charge is 0.481 e. The number of anilines is 1. The van der Waals surface area contributed by atoms with E-state index in [1.807, 2.05) is 25.1 Å². The van der Waals surface area contributed by atoms with Crippen molar-refractivity contribution in [1.82, 2.24) is 9.78 Å². The molecule has 0 aliphatic heterocycles. The third-order valence-electron chi connectivity index (χ3n) is 4.14. The van der Waals surface area contributed by atoms with Crippen molar-refractivity contribution in [2.45, 2.75) is 45.3 Å². The van der Waals surface area contributed by atoms with Gasteiger partial charge in [0.25, 0.3) is 5.91 Å². The van der Waals surface area contributed by atoms with Crippen LogP contribution in [0.2, 0.25) is 0 Å². The summed E-state index contributed by atoms with van der Waals surface area (Å²) in [5, 5.41) is 15.5. The number of nitriles is 1. The summed E-state index contributed by atoms with van der Waals surface area (Å²) in [7, 11) is 0. The van der Waals surface area contributed by atoms with Crippen molar-refractivity contribution < 1.29 is 9.53 Å². The monoisotopic (exact) mass is 324 g/mol. The number of carbonyl (C=O) groups is 1. The molecule has 1 aromatic heterocycles. The van der Waals surface area contributed by atoms with Gasteiger partial charge in [0.05, 0.1) is 6.07 Å². The summed E-state index contributed by atoms with van der Waals surface area (Å²) >= 11 is 0. The van der Waals surface area contributed by atoms with Crippen LogP contribution in [0.4, 0.5) is 5.82 Å². The average molecular weight is 324 g/mol. The summed E-state index contributed by atoms with van der Waals surface area (Å²) < 4.78 is 7.35. The van der Waals surface area contributed by atoms with Crippen molar-refractivity contribution in [2.24, 2.45) is 0 Å². The number of fused-ring (bicyclic) bond motifs is 1. The Morgan fingerprint density at radius 1 is 1.42 bits per heavy atom. The molecule has 1 heterocycles. The van der Waals surface area contributed by atoms with E-state index in [1.54, 1.807) is 12.3 Å². The Kier molecular flexibility index (Phi) is 4.80. The van der Waals surface area contributed by atoms with E-state index in [9.17, 15) is 4.79 Å². The summed E-state index contributed by atoms with van der Waals surface area (Å²) in [6.07, 6.45) is 5.01. The maximum absolute atomic E-state index is 12.4. The first-order valence-electron chi connectivity index (χ1n) is 8.19. The predicted molar refractivity (Wildman–Crippen MR) is 89.6 cm³/mol. The van der Waals surface area contributed by atoms with Crippen LogP contribution in [0.15, 0.2) is 30.5 Å². The second-order valence-corrected chi connectivity index (χ2v) is 5.84. The third kappa shape index (κ3) is 3.57. The van der Waals surface area contributed by atoms with Gasteiger partial charge in [-0.3, -0.25) is 9.48 Å². The van der Waals surface area contributed by atoms with Crippen LogP contribution < -0.4 is 10.1 Å². The molecule has 0 bridgehead atoms. The van der Waals surface area contributed by atoms with Crippen LogP contribution >= 0.6 is 0 Å². The molecular formula is C18H20N4O2. The lowest BCUT2D eigenvalue weighted by atomic mass is 10.1. The lowest BCUT2D eigenvalue weighted by molar-refractivity contribution is -0.122. The van der Waals surface area contributed by atoms with E-state index >= 15 is 0 Å². The van der Waals surface area contributed by atoms with Crippen molar-refractivity contribution in [3.8, 4) is 11.8 Å². The summed E-state index contributed by atoms with van der Waals surface area (Å²) in [4.78, 5) is 12.4. The molecule has 1 N–H and O–H groups in total. The number of carbonyl (C=O) groups excluding carboxylic acids is 1. The number of benzene rings is 1. The summed E-state index contributed by atoms with van der Waals surface area (Å²) in [5.74, 6) is 0.916. The minimum atomic E-state index is -0.578. The van der Waals surface area contributed by atoms with E-state index in [0.29, 0.717) is 12.2 Å². The van der Waals surface area contributed by atoms with Gasteiger partial charge >= 0.3 is 0 Å². The van der Waals surface area contributed by atoms with Crippen LogP contribution in [-0.2, 0) is 24.2 Å². The van der Waals surface area contributed by atoms with Crippen LogP contribution in [0.3, 0.4) is 0 Å². The molecule has 2 aromatic rings. The Morgan fingerprint density at radius 3 is 3.04 bits per heavy atom. The molecular weight excluding hydrogens is 304 g/mol. The van der Waals surface area contributed by atoms with Crippen molar-refractivity contribution in [1.29, 1.82) is 5.26 Å². The lowest BCUT2D eigenvalue weighted by Crippen LogP contribution is -2.32. The highest BCUT2D eigenvalue weighted by molar-refractivity contribution is 5.93.